The predicted octanol–water partition coefficient (Wildman–Crippen LogP) is 4.35. The summed E-state index contributed by atoms with van der Waals surface area (Å²) in [6.45, 7) is 1.90. The summed E-state index contributed by atoms with van der Waals surface area (Å²) in [5.41, 5.74) is 0.380. The number of benzene rings is 2. The molecule has 112 valence electrons. The average molecular weight is 348 g/mol. The maximum Gasteiger partial charge on any atom is 0.264 e. The molecule has 21 heavy (non-hydrogen) atoms. The number of nitrogens with zero attached hydrogens (tertiary/aromatic N) is 1. The molecule has 0 heterocycles. The smallest absolute Gasteiger partial charge is 0.264 e. The highest BCUT2D eigenvalue weighted by Gasteiger charge is 2.24. The molecule has 0 bridgehead atoms. The lowest BCUT2D eigenvalue weighted by Crippen LogP contribution is -2.30. The van der Waals surface area contributed by atoms with Gasteiger partial charge in [0.2, 0.25) is 0 Å². The zero-order valence-electron chi connectivity index (χ0n) is 11.1. The summed E-state index contributed by atoms with van der Waals surface area (Å²) in [5, 5.41) is 0.438. The molecule has 0 unspecified atom stereocenters. The highest BCUT2D eigenvalue weighted by Crippen LogP contribution is 2.28. The molecule has 0 aromatic heterocycles. The molecular formula is C14H12Cl2FNO2S. The molecular weight excluding hydrogens is 336 g/mol. The van der Waals surface area contributed by atoms with E-state index in [9.17, 15) is 12.8 Å². The van der Waals surface area contributed by atoms with Crippen molar-refractivity contribution in [1.82, 2.24) is 0 Å². The van der Waals surface area contributed by atoms with Gasteiger partial charge in [0.25, 0.3) is 10.0 Å². The van der Waals surface area contributed by atoms with Crippen molar-refractivity contribution in [3.05, 3.63) is 58.3 Å². The molecule has 7 heteroatoms. The van der Waals surface area contributed by atoms with Gasteiger partial charge in [-0.05, 0) is 49.4 Å². The summed E-state index contributed by atoms with van der Waals surface area (Å²) in [5.74, 6) is -0.429. The number of rotatable bonds is 4. The van der Waals surface area contributed by atoms with E-state index in [1.165, 1.54) is 46.8 Å². The van der Waals surface area contributed by atoms with E-state index in [0.29, 0.717) is 5.69 Å². The molecule has 0 spiro atoms. The van der Waals surface area contributed by atoms with Gasteiger partial charge in [0, 0.05) is 6.54 Å². The van der Waals surface area contributed by atoms with Crippen LogP contribution in [0.2, 0.25) is 10.0 Å². The van der Waals surface area contributed by atoms with Gasteiger partial charge in [-0.2, -0.15) is 0 Å². The highest BCUT2D eigenvalue weighted by molar-refractivity contribution is 7.92. The second kappa shape index (κ2) is 6.22. The first-order valence-corrected chi connectivity index (χ1v) is 8.29. The maximum atomic E-state index is 13.0. The number of sulfonamides is 1. The number of hydrogen-bond acceptors (Lipinski definition) is 2. The Balaban J connectivity index is 2.49. The van der Waals surface area contributed by atoms with E-state index >= 15 is 0 Å². The quantitative estimate of drug-likeness (QED) is 0.824. The van der Waals surface area contributed by atoms with E-state index in [2.05, 4.69) is 0 Å². The fraction of sp³-hybridized carbons (Fsp3) is 0.143. The van der Waals surface area contributed by atoms with Gasteiger partial charge in [0.1, 0.15) is 5.82 Å². The number of halogens is 3. The summed E-state index contributed by atoms with van der Waals surface area (Å²) < 4.78 is 39.4. The van der Waals surface area contributed by atoms with Crippen molar-refractivity contribution >= 4 is 38.9 Å². The Morgan fingerprint density at radius 3 is 2.19 bits per heavy atom. The monoisotopic (exact) mass is 347 g/mol. The molecule has 0 aliphatic carbocycles. The lowest BCUT2D eigenvalue weighted by atomic mass is 10.3. The van der Waals surface area contributed by atoms with Crippen LogP contribution >= 0.6 is 23.2 Å². The third-order valence-corrected chi connectivity index (χ3v) is 5.52. The molecule has 2 aromatic carbocycles. The van der Waals surface area contributed by atoms with Crippen molar-refractivity contribution in [3.8, 4) is 0 Å². The van der Waals surface area contributed by atoms with E-state index in [1.54, 1.807) is 6.92 Å². The third-order valence-electron chi connectivity index (χ3n) is 2.88. The van der Waals surface area contributed by atoms with E-state index in [1.807, 2.05) is 0 Å². The van der Waals surface area contributed by atoms with Crippen LogP contribution in [0.25, 0.3) is 0 Å². The Hall–Kier alpha value is -1.30. The fourth-order valence-electron chi connectivity index (χ4n) is 1.86. The number of hydrogen-bond donors (Lipinski definition) is 0. The average Bonchev–Trinajstić information content (AvgIpc) is 2.44. The van der Waals surface area contributed by atoms with Crippen LogP contribution in [-0.4, -0.2) is 15.0 Å². The zero-order valence-corrected chi connectivity index (χ0v) is 13.4. The Kier molecular flexibility index (Phi) is 4.76. The molecule has 0 N–H and O–H groups in total. The molecule has 2 aromatic rings. The summed E-state index contributed by atoms with van der Waals surface area (Å²) in [4.78, 5) is 0.0306. The second-order valence-electron chi connectivity index (χ2n) is 4.22. The standard InChI is InChI=1S/C14H12Cl2FNO2S/c1-2-18(11-5-3-10(17)4-6-11)21(19,20)12-7-8-13(15)14(16)9-12/h3-9H,2H2,1H3. The molecule has 0 aliphatic rings. The molecule has 0 aliphatic heterocycles. The van der Waals surface area contributed by atoms with Gasteiger partial charge in [-0.15, -0.1) is 0 Å². The summed E-state index contributed by atoms with van der Waals surface area (Å²) >= 11 is 11.7. The minimum atomic E-state index is -3.79. The minimum Gasteiger partial charge on any atom is -0.267 e. The van der Waals surface area contributed by atoms with Crippen molar-refractivity contribution in [2.24, 2.45) is 0 Å². The lowest BCUT2D eigenvalue weighted by molar-refractivity contribution is 0.591. The van der Waals surface area contributed by atoms with E-state index in [-0.39, 0.29) is 21.5 Å². The lowest BCUT2D eigenvalue weighted by Gasteiger charge is -2.23. The van der Waals surface area contributed by atoms with Gasteiger partial charge in [-0.25, -0.2) is 12.8 Å². The summed E-state index contributed by atoms with van der Waals surface area (Å²) in [7, 11) is -3.79. The van der Waals surface area contributed by atoms with Crippen molar-refractivity contribution < 1.29 is 12.8 Å². The SMILES string of the molecule is CCN(c1ccc(F)cc1)S(=O)(=O)c1ccc(Cl)c(Cl)c1. The largest absolute Gasteiger partial charge is 0.267 e. The summed E-state index contributed by atoms with van der Waals surface area (Å²) in [6, 6.07) is 9.35. The first-order valence-electron chi connectivity index (χ1n) is 6.09. The number of anilines is 1. The zero-order chi connectivity index (χ0) is 15.6. The van der Waals surface area contributed by atoms with Crippen LogP contribution in [0.5, 0.6) is 0 Å². The van der Waals surface area contributed by atoms with Gasteiger partial charge < -0.3 is 0 Å². The molecule has 3 nitrogen and oxygen atoms in total. The maximum absolute atomic E-state index is 13.0. The topological polar surface area (TPSA) is 37.4 Å². The molecule has 0 saturated carbocycles. The Labute approximate surface area is 133 Å². The van der Waals surface area contributed by atoms with Gasteiger partial charge in [-0.3, -0.25) is 4.31 Å². The highest BCUT2D eigenvalue weighted by atomic mass is 35.5. The van der Waals surface area contributed by atoms with Crippen molar-refractivity contribution in [2.75, 3.05) is 10.8 Å². The van der Waals surface area contributed by atoms with Crippen molar-refractivity contribution in [2.45, 2.75) is 11.8 Å². The van der Waals surface area contributed by atoms with Crippen LogP contribution in [0.3, 0.4) is 0 Å². The molecule has 0 atom stereocenters. The van der Waals surface area contributed by atoms with Crippen LogP contribution < -0.4 is 4.31 Å². The second-order valence-corrected chi connectivity index (χ2v) is 6.90. The fourth-order valence-corrected chi connectivity index (χ4v) is 3.73. The Bertz CT molecular complexity index is 748. The van der Waals surface area contributed by atoms with Crippen LogP contribution in [0.4, 0.5) is 10.1 Å². The van der Waals surface area contributed by atoms with E-state index in [0.717, 1.165) is 0 Å². The van der Waals surface area contributed by atoms with E-state index in [4.69, 9.17) is 23.2 Å². The predicted molar refractivity (Wildman–Crippen MR) is 83.1 cm³/mol. The minimum absolute atomic E-state index is 0.0306. The molecule has 2 rings (SSSR count). The Morgan fingerprint density at radius 2 is 1.67 bits per heavy atom. The normalized spacial score (nSPS) is 11.4. The van der Waals surface area contributed by atoms with E-state index < -0.39 is 15.8 Å². The first kappa shape index (κ1) is 16.1. The van der Waals surface area contributed by atoms with Crippen LogP contribution in [-0.2, 0) is 10.0 Å². The van der Waals surface area contributed by atoms with Crippen molar-refractivity contribution in [3.63, 3.8) is 0 Å². The van der Waals surface area contributed by atoms with Crippen LogP contribution in [0, 0.1) is 5.82 Å². The summed E-state index contributed by atoms with van der Waals surface area (Å²) in [6.07, 6.45) is 0. The first-order chi connectivity index (χ1) is 9.86. The van der Waals surface area contributed by atoms with Gasteiger partial charge in [-0.1, -0.05) is 23.2 Å². The van der Waals surface area contributed by atoms with Gasteiger partial charge in [0.05, 0.1) is 20.6 Å². The molecule has 0 fully saturated rings. The van der Waals surface area contributed by atoms with Gasteiger partial charge >= 0.3 is 0 Å². The molecule has 0 saturated heterocycles. The van der Waals surface area contributed by atoms with Crippen molar-refractivity contribution in [1.29, 1.82) is 0 Å². The third kappa shape index (κ3) is 3.31. The van der Waals surface area contributed by atoms with Crippen LogP contribution in [0.15, 0.2) is 47.4 Å². The van der Waals surface area contributed by atoms with Crippen LogP contribution in [0.1, 0.15) is 6.92 Å². The van der Waals surface area contributed by atoms with Gasteiger partial charge in [0.15, 0.2) is 0 Å². The molecule has 0 amide bonds. The Morgan fingerprint density at radius 1 is 1.05 bits per heavy atom. The molecule has 0 radical (unpaired) electrons.